The van der Waals surface area contributed by atoms with Crippen molar-refractivity contribution in [2.45, 2.75) is 45.4 Å². The number of hydrogen-bond donors (Lipinski definition) is 1. The van der Waals surface area contributed by atoms with E-state index in [1.807, 2.05) is 0 Å². The van der Waals surface area contributed by atoms with Gasteiger partial charge in [0.1, 0.15) is 0 Å². The average Bonchev–Trinajstić information content (AvgIpc) is 2.26. The Morgan fingerprint density at radius 2 is 1.47 bits per heavy atom. The summed E-state index contributed by atoms with van der Waals surface area (Å²) < 4.78 is 1.25. The fourth-order valence-corrected chi connectivity index (χ4v) is 2.54. The minimum absolute atomic E-state index is 0.624. The Morgan fingerprint density at radius 3 is 2.12 bits per heavy atom. The third kappa shape index (κ3) is 6.99. The number of nitrogens with one attached hydrogen (secondary N) is 1. The summed E-state index contributed by atoms with van der Waals surface area (Å²) in [5.41, 5.74) is 0. The van der Waals surface area contributed by atoms with E-state index in [2.05, 4.69) is 59.2 Å². The van der Waals surface area contributed by atoms with Gasteiger partial charge in [0.25, 0.3) is 0 Å². The van der Waals surface area contributed by atoms with Crippen LogP contribution in [0.15, 0.2) is 0 Å². The SMILES string of the molecule is CCCCCCCCNc1nc([Se])nc([Se])n1. The molecule has 1 aromatic rings. The van der Waals surface area contributed by atoms with Gasteiger partial charge in [0.05, 0.1) is 0 Å². The van der Waals surface area contributed by atoms with Crippen molar-refractivity contribution < 1.29 is 0 Å². The van der Waals surface area contributed by atoms with E-state index in [9.17, 15) is 0 Å². The third-order valence-corrected chi connectivity index (χ3v) is 3.17. The molecule has 0 aliphatic carbocycles. The average molecular weight is 364 g/mol. The topological polar surface area (TPSA) is 50.7 Å². The van der Waals surface area contributed by atoms with Gasteiger partial charge in [-0.3, -0.25) is 0 Å². The molecule has 0 bridgehead atoms. The fraction of sp³-hybridized carbons (Fsp3) is 0.727. The molecule has 0 saturated heterocycles. The van der Waals surface area contributed by atoms with E-state index in [0.717, 1.165) is 6.54 Å². The van der Waals surface area contributed by atoms with Crippen LogP contribution in [0.4, 0.5) is 5.95 Å². The van der Waals surface area contributed by atoms with Crippen LogP contribution in [0.25, 0.3) is 0 Å². The molecule has 0 spiro atoms. The number of nitrogens with zero attached hydrogens (tertiary/aromatic N) is 3. The molecule has 0 saturated carbocycles. The Morgan fingerprint density at radius 1 is 0.882 bits per heavy atom. The van der Waals surface area contributed by atoms with E-state index < -0.39 is 0 Å². The van der Waals surface area contributed by atoms with E-state index in [1.54, 1.807) is 0 Å². The summed E-state index contributed by atoms with van der Waals surface area (Å²) >= 11 is 5.57. The molecule has 1 N–H and O–H groups in total. The maximum atomic E-state index is 4.17. The van der Waals surface area contributed by atoms with E-state index in [4.69, 9.17) is 0 Å². The van der Waals surface area contributed by atoms with E-state index >= 15 is 0 Å². The Balaban J connectivity index is 2.13. The molecule has 2 radical (unpaired) electrons. The van der Waals surface area contributed by atoms with Crippen molar-refractivity contribution in [3.8, 4) is 0 Å². The fourth-order valence-electron chi connectivity index (χ4n) is 1.52. The van der Waals surface area contributed by atoms with Gasteiger partial charge in [-0.25, -0.2) is 0 Å². The molecule has 0 unspecified atom stereocenters. The van der Waals surface area contributed by atoms with Gasteiger partial charge in [-0.15, -0.1) is 0 Å². The molecule has 0 aliphatic rings. The number of hydrogen-bond acceptors (Lipinski definition) is 4. The van der Waals surface area contributed by atoms with Gasteiger partial charge in [0.2, 0.25) is 0 Å². The second-order valence-corrected chi connectivity index (χ2v) is 5.45. The molecule has 0 atom stereocenters. The molecule has 6 heteroatoms. The maximum absolute atomic E-state index is 4.17. The number of unbranched alkanes of at least 4 members (excludes halogenated alkanes) is 5. The Labute approximate surface area is 119 Å². The van der Waals surface area contributed by atoms with Crippen molar-refractivity contribution in [1.29, 1.82) is 0 Å². The van der Waals surface area contributed by atoms with Gasteiger partial charge in [-0.1, -0.05) is 0 Å². The first kappa shape index (κ1) is 14.9. The van der Waals surface area contributed by atoms with Crippen LogP contribution in [-0.2, 0) is 0 Å². The van der Waals surface area contributed by atoms with Crippen molar-refractivity contribution in [1.82, 2.24) is 15.0 Å². The first-order chi connectivity index (χ1) is 8.22. The van der Waals surface area contributed by atoms with Gasteiger partial charge in [0, 0.05) is 0 Å². The zero-order valence-corrected chi connectivity index (χ0v) is 13.5. The van der Waals surface area contributed by atoms with Gasteiger partial charge < -0.3 is 0 Å². The summed E-state index contributed by atoms with van der Waals surface area (Å²) in [5, 5.41) is 3.21. The molecule has 17 heavy (non-hydrogen) atoms. The summed E-state index contributed by atoms with van der Waals surface area (Å²) in [6.07, 6.45) is 7.77. The van der Waals surface area contributed by atoms with Crippen LogP contribution >= 0.6 is 0 Å². The van der Waals surface area contributed by atoms with Crippen LogP contribution in [0.5, 0.6) is 0 Å². The Hall–Kier alpha value is -0.151. The predicted molar refractivity (Wildman–Crippen MR) is 72.5 cm³/mol. The summed E-state index contributed by atoms with van der Waals surface area (Å²) in [6.45, 7) is 3.16. The second kappa shape index (κ2) is 8.87. The molecular weight excluding hydrogens is 346 g/mol. The van der Waals surface area contributed by atoms with Gasteiger partial charge >= 0.3 is 120 Å². The molecule has 1 heterocycles. The normalized spacial score (nSPS) is 10.4. The Kier molecular flexibility index (Phi) is 7.78. The number of anilines is 1. The van der Waals surface area contributed by atoms with Gasteiger partial charge in [-0.05, 0) is 0 Å². The van der Waals surface area contributed by atoms with Gasteiger partial charge in [0.15, 0.2) is 0 Å². The van der Waals surface area contributed by atoms with Crippen molar-refractivity contribution in [2.24, 2.45) is 0 Å². The molecule has 1 rings (SSSR count). The summed E-state index contributed by atoms with van der Waals surface area (Å²) in [7, 11) is 0. The molecule has 94 valence electrons. The van der Waals surface area contributed by atoms with Crippen LogP contribution in [-0.4, -0.2) is 53.5 Å². The number of rotatable bonds is 8. The monoisotopic (exact) mass is 366 g/mol. The molecule has 4 nitrogen and oxygen atoms in total. The predicted octanol–water partition coefficient (Wildman–Crippen LogP) is 0.232. The van der Waals surface area contributed by atoms with Crippen molar-refractivity contribution >= 4 is 47.4 Å². The summed E-state index contributed by atoms with van der Waals surface area (Å²) in [5.74, 6) is 0.649. The standard InChI is InChI=1S/C11H18N4Se2/c1-2-3-4-5-6-7-8-12-9-13-10(16)15-11(17)14-9/h2-8H2,1H3,(H,12,13,14,15). The van der Waals surface area contributed by atoms with Gasteiger partial charge in [-0.2, -0.15) is 0 Å². The summed E-state index contributed by atoms with van der Waals surface area (Å²) in [6, 6.07) is 0. The van der Waals surface area contributed by atoms with Crippen molar-refractivity contribution in [2.75, 3.05) is 11.9 Å². The van der Waals surface area contributed by atoms with Crippen LogP contribution in [0.3, 0.4) is 0 Å². The zero-order valence-electron chi connectivity index (χ0n) is 10.1. The third-order valence-electron chi connectivity index (χ3n) is 2.41. The van der Waals surface area contributed by atoms with Crippen LogP contribution in [0.2, 0.25) is 0 Å². The number of aromatic nitrogens is 3. The van der Waals surface area contributed by atoms with Crippen LogP contribution in [0, 0.1) is 0 Å². The Bertz CT molecular complexity index is 313. The molecule has 1 aromatic heterocycles. The first-order valence-corrected chi connectivity index (χ1v) is 7.77. The molecule has 0 fully saturated rings. The van der Waals surface area contributed by atoms with Crippen molar-refractivity contribution in [3.05, 3.63) is 0 Å². The molecule has 0 aliphatic heterocycles. The second-order valence-electron chi connectivity index (χ2n) is 3.92. The zero-order chi connectivity index (χ0) is 12.5. The molecule has 0 aromatic carbocycles. The van der Waals surface area contributed by atoms with Crippen LogP contribution in [0.1, 0.15) is 45.4 Å². The molecule has 0 amide bonds. The quantitative estimate of drug-likeness (QED) is 0.530. The summed E-state index contributed by atoms with van der Waals surface area (Å²) in [4.78, 5) is 12.4. The molecular formula is C11H18N4Se2. The minimum atomic E-state index is 0.624. The van der Waals surface area contributed by atoms with Crippen LogP contribution < -0.4 is 14.8 Å². The van der Waals surface area contributed by atoms with E-state index in [0.29, 0.717) is 15.4 Å². The van der Waals surface area contributed by atoms with E-state index in [1.165, 1.54) is 38.5 Å². The first-order valence-electron chi connectivity index (χ1n) is 6.06. The van der Waals surface area contributed by atoms with E-state index in [-0.39, 0.29) is 0 Å². The van der Waals surface area contributed by atoms with Crippen molar-refractivity contribution in [3.63, 3.8) is 0 Å².